The summed E-state index contributed by atoms with van der Waals surface area (Å²) in [5, 5.41) is 5.10. The maximum atomic E-state index is 15.7. The maximum Gasteiger partial charge on any atom is 0.356 e. The van der Waals surface area contributed by atoms with Crippen LogP contribution in [0.5, 0.6) is 5.75 Å². The van der Waals surface area contributed by atoms with Gasteiger partial charge in [-0.25, -0.2) is 9.18 Å². The number of methoxy groups -OCH3 is 1. The van der Waals surface area contributed by atoms with Crippen molar-refractivity contribution in [1.29, 1.82) is 0 Å². The van der Waals surface area contributed by atoms with E-state index in [0.717, 1.165) is 38.3 Å². The summed E-state index contributed by atoms with van der Waals surface area (Å²) in [7, 11) is -6.97. The van der Waals surface area contributed by atoms with Crippen molar-refractivity contribution in [2.24, 2.45) is 5.92 Å². The summed E-state index contributed by atoms with van der Waals surface area (Å²) in [6.45, 7) is 1.05. The molecule has 41 heavy (non-hydrogen) atoms. The standard InChI is InChI=1S/C24H31FN4O10P2/c1-38-22-19-14(7-16(25)20(22)28-8-12-3-2-6-26-17(12)10-28)21(31)15(9-29(19)13-4-5-13)23(32)39-11-18(30)27-24(40(33)34)41(35,36)37/h7,9,12-13,17,24,26,33-34H,2-6,8,10-11H2,1H3,(H,27,30)(H2,35,36,37)/t12-,17+,24?/m0/s1. The van der Waals surface area contributed by atoms with Crippen LogP contribution in [-0.4, -0.2) is 80.9 Å². The molecule has 6 N–H and O–H groups in total. The van der Waals surface area contributed by atoms with Crippen LogP contribution in [0.4, 0.5) is 10.1 Å². The van der Waals surface area contributed by atoms with E-state index >= 15 is 4.39 Å². The lowest BCUT2D eigenvalue weighted by molar-refractivity contribution is -0.124. The lowest BCUT2D eigenvalue weighted by Gasteiger charge is -2.25. The van der Waals surface area contributed by atoms with Crippen LogP contribution in [0.2, 0.25) is 0 Å². The molecule has 1 aromatic heterocycles. The molecule has 14 nitrogen and oxygen atoms in total. The first-order valence-corrected chi connectivity index (χ1v) is 16.0. The van der Waals surface area contributed by atoms with Crippen molar-refractivity contribution in [2.75, 3.05) is 38.3 Å². The smallest absolute Gasteiger partial charge is 0.356 e. The van der Waals surface area contributed by atoms with Gasteiger partial charge in [-0.3, -0.25) is 14.2 Å². The number of amides is 1. The van der Waals surface area contributed by atoms with Crippen LogP contribution in [-0.2, 0) is 14.1 Å². The fourth-order valence-corrected chi connectivity index (χ4v) is 7.27. The van der Waals surface area contributed by atoms with E-state index in [9.17, 15) is 38.5 Å². The summed E-state index contributed by atoms with van der Waals surface area (Å²) >= 11 is 0. The minimum atomic E-state index is -5.12. The van der Waals surface area contributed by atoms with Gasteiger partial charge in [-0.15, -0.1) is 0 Å². The molecule has 3 aliphatic rings. The van der Waals surface area contributed by atoms with E-state index in [0.29, 0.717) is 24.5 Å². The molecule has 17 heteroatoms. The highest BCUT2D eigenvalue weighted by Crippen LogP contribution is 2.53. The van der Waals surface area contributed by atoms with Crippen molar-refractivity contribution in [3.05, 3.63) is 33.9 Å². The highest BCUT2D eigenvalue weighted by Gasteiger charge is 2.39. The normalized spacial score (nSPS) is 21.6. The summed E-state index contributed by atoms with van der Waals surface area (Å²) in [5.41, 5.74) is -3.00. The molecule has 5 rings (SSSR count). The molecular formula is C24H31FN4O10P2. The molecule has 1 aliphatic carbocycles. The number of fused-ring (bicyclic) bond motifs is 2. The summed E-state index contributed by atoms with van der Waals surface area (Å²) in [6, 6.07) is 1.23. The van der Waals surface area contributed by atoms with E-state index in [-0.39, 0.29) is 28.9 Å². The first kappa shape index (κ1) is 29.8. The Bertz CT molecular complexity index is 1460. The molecule has 2 aromatic rings. The highest BCUT2D eigenvalue weighted by molar-refractivity contribution is 7.67. The number of hydrogen-bond acceptors (Lipinski definition) is 10. The Labute approximate surface area is 234 Å². The van der Waals surface area contributed by atoms with Crippen molar-refractivity contribution in [2.45, 2.75) is 43.3 Å². The quantitative estimate of drug-likeness (QED) is 0.171. The Morgan fingerprint density at radius 3 is 2.61 bits per heavy atom. The van der Waals surface area contributed by atoms with Crippen LogP contribution in [0.25, 0.3) is 10.9 Å². The zero-order valence-corrected chi connectivity index (χ0v) is 23.8. The second kappa shape index (κ2) is 11.6. The monoisotopic (exact) mass is 616 g/mol. The average molecular weight is 616 g/mol. The molecule has 1 unspecified atom stereocenters. The molecule has 0 radical (unpaired) electrons. The molecule has 1 aromatic carbocycles. The predicted octanol–water partition coefficient (Wildman–Crippen LogP) is 0.703. The van der Waals surface area contributed by atoms with E-state index in [1.807, 2.05) is 4.90 Å². The molecule has 2 saturated heterocycles. The van der Waals surface area contributed by atoms with Gasteiger partial charge in [0.15, 0.2) is 18.2 Å². The number of rotatable bonds is 9. The fourth-order valence-electron chi connectivity index (χ4n) is 5.62. The highest BCUT2D eigenvalue weighted by atomic mass is 31.2. The zero-order chi connectivity index (χ0) is 29.6. The number of carbonyl (C=O) groups excluding carboxylic acids is 2. The fraction of sp³-hybridized carbons (Fsp3) is 0.542. The number of pyridine rings is 1. The Morgan fingerprint density at radius 1 is 1.27 bits per heavy atom. The second-order valence-electron chi connectivity index (χ2n) is 10.4. The lowest BCUT2D eigenvalue weighted by atomic mass is 9.94. The van der Waals surface area contributed by atoms with Crippen LogP contribution in [0.1, 0.15) is 42.1 Å². The number of nitrogens with zero attached hydrogens (tertiary/aromatic N) is 2. The number of halogens is 1. The molecule has 1 saturated carbocycles. The number of carbonyl (C=O) groups is 2. The van der Waals surface area contributed by atoms with Crippen molar-refractivity contribution in [1.82, 2.24) is 15.2 Å². The SMILES string of the molecule is COc1c(N2C[C@@H]3CCCN[C@@H]3C2)c(F)cc2c(=O)c(C(=O)OCC(=O)NC(P(O)O)P(=O)(O)O)cn(C3CC3)c12. The van der Waals surface area contributed by atoms with Gasteiger partial charge in [0.1, 0.15) is 11.3 Å². The van der Waals surface area contributed by atoms with Gasteiger partial charge in [0.2, 0.25) is 19.3 Å². The van der Waals surface area contributed by atoms with Crippen molar-refractivity contribution < 1.29 is 47.6 Å². The molecule has 0 bridgehead atoms. The van der Waals surface area contributed by atoms with E-state index in [2.05, 4.69) is 5.32 Å². The third kappa shape index (κ3) is 5.98. The van der Waals surface area contributed by atoms with Crippen molar-refractivity contribution in [3.63, 3.8) is 0 Å². The number of esters is 1. The first-order chi connectivity index (χ1) is 19.4. The van der Waals surface area contributed by atoms with Gasteiger partial charge in [0.25, 0.3) is 5.91 Å². The molecule has 224 valence electrons. The van der Waals surface area contributed by atoms with Gasteiger partial charge < -0.3 is 49.1 Å². The maximum absolute atomic E-state index is 15.7. The number of nitrogens with one attached hydrogen (secondary N) is 2. The van der Waals surface area contributed by atoms with Crippen LogP contribution >= 0.6 is 16.0 Å². The lowest BCUT2D eigenvalue weighted by Crippen LogP contribution is -2.40. The zero-order valence-electron chi connectivity index (χ0n) is 22.0. The van der Waals surface area contributed by atoms with Gasteiger partial charge in [0, 0.05) is 31.4 Å². The van der Waals surface area contributed by atoms with Crippen molar-refractivity contribution >= 4 is 44.4 Å². The number of hydrogen-bond donors (Lipinski definition) is 6. The number of benzene rings is 1. The summed E-state index contributed by atoms with van der Waals surface area (Å²) in [4.78, 5) is 77.1. The van der Waals surface area contributed by atoms with Gasteiger partial charge in [-0.2, -0.15) is 0 Å². The number of anilines is 1. The topological polar surface area (TPSA) is 200 Å². The Balaban J connectivity index is 1.46. The molecule has 3 atom stereocenters. The molecule has 2 aliphatic heterocycles. The Kier molecular flexibility index (Phi) is 8.41. The third-order valence-electron chi connectivity index (χ3n) is 7.64. The molecule has 3 heterocycles. The summed E-state index contributed by atoms with van der Waals surface area (Å²) < 4.78 is 39.4. The van der Waals surface area contributed by atoms with Crippen LogP contribution in [0.15, 0.2) is 17.1 Å². The Morgan fingerprint density at radius 2 is 2.00 bits per heavy atom. The number of piperidine rings is 1. The minimum Gasteiger partial charge on any atom is -0.492 e. The van der Waals surface area contributed by atoms with Crippen LogP contribution < -0.4 is 25.7 Å². The summed E-state index contributed by atoms with van der Waals surface area (Å²) in [5.74, 6) is -2.58. The predicted molar refractivity (Wildman–Crippen MR) is 145 cm³/mol. The van der Waals surface area contributed by atoms with Gasteiger partial charge in [-0.05, 0) is 44.2 Å². The second-order valence-corrected chi connectivity index (χ2v) is 13.7. The number of aromatic nitrogens is 1. The van der Waals surface area contributed by atoms with E-state index in [1.165, 1.54) is 13.3 Å². The average Bonchev–Trinajstić information content (AvgIpc) is 3.67. The van der Waals surface area contributed by atoms with Crippen molar-refractivity contribution in [3.8, 4) is 5.75 Å². The van der Waals surface area contributed by atoms with Crippen LogP contribution in [0.3, 0.4) is 0 Å². The molecule has 1 amide bonds. The summed E-state index contributed by atoms with van der Waals surface area (Å²) in [6.07, 6.45) is 4.86. The molecular weight excluding hydrogens is 585 g/mol. The van der Waals surface area contributed by atoms with E-state index < -0.39 is 56.8 Å². The molecule has 3 fully saturated rings. The van der Waals surface area contributed by atoms with Crippen LogP contribution in [0, 0.1) is 11.7 Å². The molecule has 0 spiro atoms. The van der Waals surface area contributed by atoms with Gasteiger partial charge in [0.05, 0.1) is 18.0 Å². The Hall–Kier alpha value is -2.64. The van der Waals surface area contributed by atoms with E-state index in [1.54, 1.807) is 9.88 Å². The van der Waals surface area contributed by atoms with Gasteiger partial charge in [-0.1, -0.05) is 0 Å². The van der Waals surface area contributed by atoms with Gasteiger partial charge >= 0.3 is 13.6 Å². The first-order valence-electron chi connectivity index (χ1n) is 13.0. The van der Waals surface area contributed by atoms with E-state index in [4.69, 9.17) is 9.47 Å². The third-order valence-corrected chi connectivity index (χ3v) is 10.5. The minimum absolute atomic E-state index is 0.0830. The number of ether oxygens (including phenoxy) is 2. The largest absolute Gasteiger partial charge is 0.492 e.